The molecule has 0 saturated heterocycles. The first-order valence-electron chi connectivity index (χ1n) is 6.69. The van der Waals surface area contributed by atoms with Gasteiger partial charge in [-0.1, -0.05) is 28.1 Å². The number of esters is 1. The predicted molar refractivity (Wildman–Crippen MR) is 88.7 cm³/mol. The lowest BCUT2D eigenvalue weighted by Gasteiger charge is -2.11. The van der Waals surface area contributed by atoms with E-state index in [0.29, 0.717) is 5.56 Å². The van der Waals surface area contributed by atoms with Gasteiger partial charge < -0.3 is 10.1 Å². The van der Waals surface area contributed by atoms with Crippen molar-refractivity contribution in [1.29, 1.82) is 0 Å². The molecule has 0 radical (unpaired) electrons. The second-order valence-corrected chi connectivity index (χ2v) is 5.81. The minimum atomic E-state index is -0.313. The first-order chi connectivity index (χ1) is 10.0. The number of rotatable bonds is 4. The molecule has 1 N–H and O–H groups in total. The zero-order valence-corrected chi connectivity index (χ0v) is 14.0. The van der Waals surface area contributed by atoms with Crippen LogP contribution >= 0.6 is 15.9 Å². The van der Waals surface area contributed by atoms with Gasteiger partial charge in [-0.05, 0) is 54.8 Å². The van der Waals surface area contributed by atoms with Crippen molar-refractivity contribution in [3.05, 3.63) is 63.1 Å². The Balaban J connectivity index is 2.09. The van der Waals surface area contributed by atoms with Gasteiger partial charge in [-0.15, -0.1) is 0 Å². The van der Waals surface area contributed by atoms with Crippen molar-refractivity contribution in [1.82, 2.24) is 0 Å². The average Bonchev–Trinajstić information content (AvgIpc) is 2.48. The largest absolute Gasteiger partial charge is 0.465 e. The number of ether oxygens (including phenoxy) is 1. The number of nitrogens with one attached hydrogen (secondary N) is 1. The molecule has 0 fully saturated rings. The molecule has 0 atom stereocenters. The fourth-order valence-electron chi connectivity index (χ4n) is 2.05. The molecule has 0 spiro atoms. The number of carbonyl (C=O) groups is 1. The van der Waals surface area contributed by atoms with Crippen LogP contribution in [0.4, 0.5) is 5.69 Å². The minimum absolute atomic E-state index is 0.313. The monoisotopic (exact) mass is 347 g/mol. The van der Waals surface area contributed by atoms with Crippen molar-refractivity contribution >= 4 is 27.6 Å². The second-order valence-electron chi connectivity index (χ2n) is 4.96. The quantitative estimate of drug-likeness (QED) is 0.829. The van der Waals surface area contributed by atoms with Crippen molar-refractivity contribution in [3.63, 3.8) is 0 Å². The van der Waals surface area contributed by atoms with Gasteiger partial charge in [-0.2, -0.15) is 0 Å². The molecule has 3 nitrogen and oxygen atoms in total. The minimum Gasteiger partial charge on any atom is -0.465 e. The maximum Gasteiger partial charge on any atom is 0.337 e. The summed E-state index contributed by atoms with van der Waals surface area (Å²) < 4.78 is 5.83. The third kappa shape index (κ3) is 3.85. The van der Waals surface area contributed by atoms with Crippen molar-refractivity contribution < 1.29 is 9.53 Å². The highest BCUT2D eigenvalue weighted by molar-refractivity contribution is 9.10. The summed E-state index contributed by atoms with van der Waals surface area (Å²) in [4.78, 5) is 11.5. The lowest BCUT2D eigenvalue weighted by Crippen LogP contribution is -2.05. The number of benzene rings is 2. The summed E-state index contributed by atoms with van der Waals surface area (Å²) in [6, 6.07) is 11.8. The Labute approximate surface area is 133 Å². The Morgan fingerprint density at radius 3 is 2.52 bits per heavy atom. The highest BCUT2D eigenvalue weighted by Gasteiger charge is 2.07. The molecule has 0 unspecified atom stereocenters. The van der Waals surface area contributed by atoms with E-state index in [0.717, 1.165) is 22.3 Å². The van der Waals surface area contributed by atoms with Gasteiger partial charge in [0.1, 0.15) is 0 Å². The highest BCUT2D eigenvalue weighted by atomic mass is 79.9. The van der Waals surface area contributed by atoms with E-state index in [-0.39, 0.29) is 5.97 Å². The summed E-state index contributed by atoms with van der Waals surface area (Å²) in [5.74, 6) is -0.313. The average molecular weight is 348 g/mol. The van der Waals surface area contributed by atoms with E-state index in [1.54, 1.807) is 6.07 Å². The topological polar surface area (TPSA) is 38.3 Å². The smallest absolute Gasteiger partial charge is 0.337 e. The molecule has 110 valence electrons. The Morgan fingerprint density at radius 1 is 1.14 bits per heavy atom. The first-order valence-corrected chi connectivity index (χ1v) is 7.48. The maximum atomic E-state index is 11.5. The van der Waals surface area contributed by atoms with Crippen LogP contribution in [0.15, 0.2) is 40.9 Å². The molecule has 0 aromatic heterocycles. The molecule has 0 amide bonds. The van der Waals surface area contributed by atoms with E-state index in [1.165, 1.54) is 18.2 Å². The van der Waals surface area contributed by atoms with Gasteiger partial charge in [0.05, 0.1) is 12.7 Å². The van der Waals surface area contributed by atoms with Gasteiger partial charge in [0.2, 0.25) is 0 Å². The first kappa shape index (κ1) is 15.6. The van der Waals surface area contributed by atoms with Crippen molar-refractivity contribution in [2.75, 3.05) is 12.4 Å². The molecule has 2 aromatic carbocycles. The van der Waals surface area contributed by atoms with Crippen LogP contribution in [-0.4, -0.2) is 13.1 Å². The fourth-order valence-corrected chi connectivity index (χ4v) is 2.48. The zero-order valence-electron chi connectivity index (χ0n) is 12.4. The highest BCUT2D eigenvalue weighted by Crippen LogP contribution is 2.20. The molecule has 0 aliphatic carbocycles. The number of anilines is 1. The van der Waals surface area contributed by atoms with Crippen LogP contribution in [0.5, 0.6) is 0 Å². The van der Waals surface area contributed by atoms with E-state index in [4.69, 9.17) is 4.74 Å². The van der Waals surface area contributed by atoms with Crippen LogP contribution < -0.4 is 5.32 Å². The van der Waals surface area contributed by atoms with Crippen molar-refractivity contribution in [2.45, 2.75) is 20.4 Å². The van der Waals surface area contributed by atoms with E-state index >= 15 is 0 Å². The molecule has 0 saturated carbocycles. The van der Waals surface area contributed by atoms with Crippen LogP contribution in [0.3, 0.4) is 0 Å². The Kier molecular flexibility index (Phi) is 5.02. The summed E-state index contributed by atoms with van der Waals surface area (Å²) in [6.07, 6.45) is 0. The standard InChI is InChI=1S/C17H18BrNO2/c1-11-4-5-13(9-15(11)18)10-19-16-7-6-14(8-12(16)2)17(20)21-3/h4-9,19H,10H2,1-3H3. The second kappa shape index (κ2) is 6.76. The normalized spacial score (nSPS) is 10.3. The SMILES string of the molecule is COC(=O)c1ccc(NCc2ccc(C)c(Br)c2)c(C)c1. The summed E-state index contributed by atoms with van der Waals surface area (Å²) in [5.41, 5.74) is 5.02. The van der Waals surface area contributed by atoms with Gasteiger partial charge in [-0.25, -0.2) is 4.79 Å². The summed E-state index contributed by atoms with van der Waals surface area (Å²) in [5, 5.41) is 3.39. The number of halogens is 1. The molecule has 4 heteroatoms. The zero-order chi connectivity index (χ0) is 15.4. The molecule has 0 aliphatic heterocycles. The number of carbonyl (C=O) groups excluding carboxylic acids is 1. The summed E-state index contributed by atoms with van der Waals surface area (Å²) in [7, 11) is 1.39. The predicted octanol–water partition coefficient (Wildman–Crippen LogP) is 4.46. The number of hydrogen-bond donors (Lipinski definition) is 1. The maximum absolute atomic E-state index is 11.5. The van der Waals surface area contributed by atoms with Gasteiger partial charge in [0.15, 0.2) is 0 Å². The molecular formula is C17H18BrNO2. The Morgan fingerprint density at radius 2 is 1.90 bits per heavy atom. The summed E-state index contributed by atoms with van der Waals surface area (Å²) >= 11 is 3.54. The third-order valence-electron chi connectivity index (χ3n) is 3.37. The third-order valence-corrected chi connectivity index (χ3v) is 4.22. The van der Waals surface area contributed by atoms with Gasteiger partial charge >= 0.3 is 5.97 Å². The molecule has 2 aromatic rings. The molecular weight excluding hydrogens is 330 g/mol. The van der Waals surface area contributed by atoms with Gasteiger partial charge in [-0.3, -0.25) is 0 Å². The van der Waals surface area contributed by atoms with E-state index < -0.39 is 0 Å². The van der Waals surface area contributed by atoms with Gasteiger partial charge in [0, 0.05) is 16.7 Å². The van der Waals surface area contributed by atoms with E-state index in [1.807, 2.05) is 19.1 Å². The number of hydrogen-bond acceptors (Lipinski definition) is 3. The molecule has 0 bridgehead atoms. The van der Waals surface area contributed by atoms with Crippen LogP contribution in [0.1, 0.15) is 27.0 Å². The lowest BCUT2D eigenvalue weighted by atomic mass is 10.1. The fraction of sp³-hybridized carbons (Fsp3) is 0.235. The molecule has 21 heavy (non-hydrogen) atoms. The van der Waals surface area contributed by atoms with Crippen LogP contribution in [0.2, 0.25) is 0 Å². The summed E-state index contributed by atoms with van der Waals surface area (Å²) in [6.45, 7) is 4.77. The number of methoxy groups -OCH3 is 1. The van der Waals surface area contributed by atoms with Crippen LogP contribution in [0.25, 0.3) is 0 Å². The van der Waals surface area contributed by atoms with Crippen molar-refractivity contribution in [3.8, 4) is 0 Å². The molecule has 0 heterocycles. The van der Waals surface area contributed by atoms with Crippen molar-refractivity contribution in [2.24, 2.45) is 0 Å². The van der Waals surface area contributed by atoms with Crippen LogP contribution in [-0.2, 0) is 11.3 Å². The Bertz CT molecular complexity index is 668. The van der Waals surface area contributed by atoms with E-state index in [9.17, 15) is 4.79 Å². The van der Waals surface area contributed by atoms with E-state index in [2.05, 4.69) is 46.4 Å². The molecule has 0 aliphatic rings. The molecule has 2 rings (SSSR count). The Hall–Kier alpha value is -1.81. The lowest BCUT2D eigenvalue weighted by molar-refractivity contribution is 0.0600. The van der Waals surface area contributed by atoms with Crippen LogP contribution in [0, 0.1) is 13.8 Å². The van der Waals surface area contributed by atoms with Gasteiger partial charge in [0.25, 0.3) is 0 Å². The number of aryl methyl sites for hydroxylation is 2.